The second-order valence-electron chi connectivity index (χ2n) is 5.98. The Morgan fingerprint density at radius 3 is 2.57 bits per heavy atom. The topological polar surface area (TPSA) is 80.5 Å². The predicted molar refractivity (Wildman–Crippen MR) is 82.6 cm³/mol. The molecular weight excluding hydrogens is 288 g/mol. The van der Waals surface area contributed by atoms with Crippen LogP contribution in [0.5, 0.6) is 0 Å². The molecule has 0 saturated carbocycles. The van der Waals surface area contributed by atoms with Crippen LogP contribution in [0.3, 0.4) is 0 Å². The summed E-state index contributed by atoms with van der Waals surface area (Å²) in [6, 6.07) is 7.60. The van der Waals surface area contributed by atoms with Gasteiger partial charge in [0, 0.05) is 19.3 Å². The molecule has 5 nitrogen and oxygen atoms in total. The maximum absolute atomic E-state index is 12.7. The molecule has 0 aromatic heterocycles. The maximum Gasteiger partial charge on any atom is 0.244 e. The Bertz CT molecular complexity index is 653. The van der Waals surface area contributed by atoms with Crippen LogP contribution in [0.25, 0.3) is 0 Å². The summed E-state index contributed by atoms with van der Waals surface area (Å²) >= 11 is 0. The van der Waals surface area contributed by atoms with E-state index in [-0.39, 0.29) is 18.5 Å². The van der Waals surface area contributed by atoms with E-state index >= 15 is 0 Å². The van der Waals surface area contributed by atoms with Crippen LogP contribution in [0.4, 0.5) is 0 Å². The van der Waals surface area contributed by atoms with Crippen molar-refractivity contribution in [1.29, 1.82) is 0 Å². The van der Waals surface area contributed by atoms with Crippen molar-refractivity contribution in [3.8, 4) is 0 Å². The number of carbonyl (C=O) groups is 1. The van der Waals surface area contributed by atoms with E-state index in [4.69, 9.17) is 5.73 Å². The zero-order chi connectivity index (χ0) is 15.8. The number of rotatable bonds is 3. The standard InChI is InChI=1S/C15H22N2O3S/c1-15(2,21(3,19)20)14(18)17-9-8-11-6-4-5-7-12(11)13(17)10-16/h4-7,13H,8-10,16H2,1-3H3. The molecule has 0 fully saturated rings. The van der Waals surface area contributed by atoms with Crippen LogP contribution in [-0.4, -0.2) is 43.3 Å². The van der Waals surface area contributed by atoms with Crippen LogP contribution in [0.2, 0.25) is 0 Å². The zero-order valence-corrected chi connectivity index (χ0v) is 13.5. The third-order valence-electron chi connectivity index (χ3n) is 4.34. The van der Waals surface area contributed by atoms with Gasteiger partial charge < -0.3 is 10.6 Å². The second kappa shape index (κ2) is 5.42. The van der Waals surface area contributed by atoms with Gasteiger partial charge in [-0.15, -0.1) is 0 Å². The van der Waals surface area contributed by atoms with Gasteiger partial charge in [0.2, 0.25) is 5.91 Å². The molecule has 1 unspecified atom stereocenters. The largest absolute Gasteiger partial charge is 0.333 e. The highest BCUT2D eigenvalue weighted by Crippen LogP contribution is 2.32. The lowest BCUT2D eigenvalue weighted by molar-refractivity contribution is -0.136. The summed E-state index contributed by atoms with van der Waals surface area (Å²) in [5.74, 6) is -0.380. The van der Waals surface area contributed by atoms with Crippen molar-refractivity contribution in [2.24, 2.45) is 5.73 Å². The number of nitrogens with zero attached hydrogens (tertiary/aromatic N) is 1. The Labute approximate surface area is 126 Å². The Hall–Kier alpha value is -1.40. The van der Waals surface area contributed by atoms with Gasteiger partial charge in [0.15, 0.2) is 9.84 Å². The van der Waals surface area contributed by atoms with E-state index in [1.54, 1.807) is 4.90 Å². The zero-order valence-electron chi connectivity index (χ0n) is 12.7. The molecule has 1 aliphatic heterocycles. The monoisotopic (exact) mass is 310 g/mol. The van der Waals surface area contributed by atoms with Crippen LogP contribution in [0, 0.1) is 0 Å². The first kappa shape index (κ1) is 16.0. The van der Waals surface area contributed by atoms with Crippen molar-refractivity contribution in [2.75, 3.05) is 19.3 Å². The van der Waals surface area contributed by atoms with Crippen molar-refractivity contribution in [3.63, 3.8) is 0 Å². The number of hydrogen-bond donors (Lipinski definition) is 1. The van der Waals surface area contributed by atoms with E-state index < -0.39 is 14.6 Å². The summed E-state index contributed by atoms with van der Waals surface area (Å²) in [4.78, 5) is 14.4. The molecule has 0 radical (unpaired) electrons. The van der Waals surface area contributed by atoms with Crippen molar-refractivity contribution >= 4 is 15.7 Å². The lowest BCUT2D eigenvalue weighted by Gasteiger charge is -2.40. The molecule has 0 saturated heterocycles. The van der Waals surface area contributed by atoms with E-state index in [2.05, 4.69) is 0 Å². The fourth-order valence-corrected chi connectivity index (χ4v) is 3.09. The number of nitrogens with two attached hydrogens (primary N) is 1. The molecule has 0 aliphatic carbocycles. The van der Waals surface area contributed by atoms with Gasteiger partial charge in [-0.1, -0.05) is 24.3 Å². The molecule has 1 amide bonds. The molecule has 1 aromatic carbocycles. The molecule has 6 heteroatoms. The van der Waals surface area contributed by atoms with Crippen molar-refractivity contribution in [2.45, 2.75) is 31.1 Å². The number of benzene rings is 1. The van der Waals surface area contributed by atoms with Gasteiger partial charge in [-0.3, -0.25) is 4.79 Å². The minimum atomic E-state index is -3.49. The SMILES string of the molecule is CC(C)(C(=O)N1CCc2ccccc2C1CN)S(C)(=O)=O. The minimum Gasteiger partial charge on any atom is -0.333 e. The first-order valence-corrected chi connectivity index (χ1v) is 8.88. The Morgan fingerprint density at radius 2 is 2.00 bits per heavy atom. The highest BCUT2D eigenvalue weighted by molar-refractivity contribution is 7.92. The van der Waals surface area contributed by atoms with Gasteiger partial charge in [-0.2, -0.15) is 0 Å². The molecule has 1 aliphatic rings. The van der Waals surface area contributed by atoms with Gasteiger partial charge in [0.05, 0.1) is 6.04 Å². The van der Waals surface area contributed by atoms with Crippen LogP contribution >= 0.6 is 0 Å². The molecular formula is C15H22N2O3S. The van der Waals surface area contributed by atoms with Crippen LogP contribution in [-0.2, 0) is 21.1 Å². The van der Waals surface area contributed by atoms with E-state index in [0.717, 1.165) is 18.2 Å². The van der Waals surface area contributed by atoms with E-state index in [1.807, 2.05) is 24.3 Å². The van der Waals surface area contributed by atoms with E-state index in [9.17, 15) is 13.2 Å². The van der Waals surface area contributed by atoms with Crippen molar-refractivity contribution in [1.82, 2.24) is 4.90 Å². The summed E-state index contributed by atoms with van der Waals surface area (Å²) in [7, 11) is -3.49. The Morgan fingerprint density at radius 1 is 1.38 bits per heavy atom. The van der Waals surface area contributed by atoms with Crippen LogP contribution in [0.15, 0.2) is 24.3 Å². The molecule has 0 bridgehead atoms. The molecule has 21 heavy (non-hydrogen) atoms. The van der Waals surface area contributed by atoms with Gasteiger partial charge >= 0.3 is 0 Å². The van der Waals surface area contributed by atoms with Crippen molar-refractivity contribution < 1.29 is 13.2 Å². The minimum absolute atomic E-state index is 0.261. The predicted octanol–water partition coefficient (Wildman–Crippen LogP) is 0.894. The molecule has 116 valence electrons. The number of fused-ring (bicyclic) bond motifs is 1. The van der Waals surface area contributed by atoms with Crippen molar-refractivity contribution in [3.05, 3.63) is 35.4 Å². The molecule has 1 atom stereocenters. The molecule has 1 heterocycles. The Kier molecular flexibility index (Phi) is 4.13. The quantitative estimate of drug-likeness (QED) is 0.899. The highest BCUT2D eigenvalue weighted by atomic mass is 32.2. The second-order valence-corrected chi connectivity index (χ2v) is 8.55. The molecule has 1 aromatic rings. The summed E-state index contributed by atoms with van der Waals surface area (Å²) in [6.07, 6.45) is 1.82. The first-order chi connectivity index (χ1) is 9.70. The summed E-state index contributed by atoms with van der Waals surface area (Å²) < 4.78 is 22.4. The maximum atomic E-state index is 12.7. The van der Waals surface area contributed by atoms with E-state index in [0.29, 0.717) is 6.54 Å². The molecule has 2 N–H and O–H groups in total. The van der Waals surface area contributed by atoms with Crippen LogP contribution in [0.1, 0.15) is 31.0 Å². The van der Waals surface area contributed by atoms with Gasteiger partial charge in [-0.25, -0.2) is 8.42 Å². The number of amides is 1. The molecule has 0 spiro atoms. The van der Waals surface area contributed by atoms with Crippen LogP contribution < -0.4 is 5.73 Å². The fraction of sp³-hybridized carbons (Fsp3) is 0.533. The average Bonchev–Trinajstić information content (AvgIpc) is 2.43. The third kappa shape index (κ3) is 2.70. The number of sulfone groups is 1. The number of carbonyl (C=O) groups excluding carboxylic acids is 1. The van der Waals surface area contributed by atoms with E-state index in [1.165, 1.54) is 19.4 Å². The summed E-state index contributed by atoms with van der Waals surface area (Å²) in [5, 5.41) is 0. The molecule has 2 rings (SSSR count). The van der Waals surface area contributed by atoms with Gasteiger partial charge in [0.1, 0.15) is 4.75 Å². The van der Waals surface area contributed by atoms with Gasteiger partial charge in [0.25, 0.3) is 0 Å². The first-order valence-electron chi connectivity index (χ1n) is 6.98. The lowest BCUT2D eigenvalue weighted by atomic mass is 9.91. The summed E-state index contributed by atoms with van der Waals surface area (Å²) in [6.45, 7) is 3.69. The van der Waals surface area contributed by atoms with Gasteiger partial charge in [-0.05, 0) is 31.4 Å². The smallest absolute Gasteiger partial charge is 0.244 e. The number of hydrogen-bond acceptors (Lipinski definition) is 4. The third-order valence-corrected chi connectivity index (χ3v) is 6.37. The lowest BCUT2D eigenvalue weighted by Crippen LogP contribution is -2.53. The highest BCUT2D eigenvalue weighted by Gasteiger charge is 2.44. The normalized spacial score (nSPS) is 19.2. The average molecular weight is 310 g/mol. The Balaban J connectivity index is 2.40. The fourth-order valence-electron chi connectivity index (χ4n) is 2.65. The summed E-state index contributed by atoms with van der Waals surface area (Å²) in [5.41, 5.74) is 8.05.